The topological polar surface area (TPSA) is 67.4 Å². The zero-order chi connectivity index (χ0) is 19.5. The van der Waals surface area contributed by atoms with E-state index in [1.165, 1.54) is 7.11 Å². The molecule has 2 N–H and O–H groups in total. The maximum atomic E-state index is 12.0. The molecule has 2 aromatic rings. The lowest BCUT2D eigenvalue weighted by Crippen LogP contribution is -2.25. The third kappa shape index (κ3) is 7.46. The summed E-state index contributed by atoms with van der Waals surface area (Å²) in [6.45, 7) is 5.36. The summed E-state index contributed by atoms with van der Waals surface area (Å²) in [5.41, 5.74) is 3.59. The van der Waals surface area contributed by atoms with Gasteiger partial charge in [0.25, 0.3) is 5.91 Å². The first-order valence-corrected chi connectivity index (χ1v) is 8.98. The number of hydrogen-bond donors (Lipinski definition) is 2. The Kier molecular flexibility index (Phi) is 8.26. The number of carbonyl (C=O) groups excluding carboxylic acids is 2. The van der Waals surface area contributed by atoms with E-state index in [4.69, 9.17) is 0 Å². The molecule has 5 heteroatoms. The minimum absolute atomic E-state index is 0.136. The van der Waals surface area contributed by atoms with Gasteiger partial charge in [-0.15, -0.1) is 0 Å². The molecule has 0 aliphatic rings. The summed E-state index contributed by atoms with van der Waals surface area (Å²) in [4.78, 5) is 23.2. The molecular weight excluding hydrogens is 340 g/mol. The van der Waals surface area contributed by atoms with Crippen LogP contribution in [0, 0.1) is 0 Å². The van der Waals surface area contributed by atoms with Crippen molar-refractivity contribution in [3.8, 4) is 0 Å². The average Bonchev–Trinajstić information content (AvgIpc) is 2.70. The Bertz CT molecular complexity index is 755. The van der Waals surface area contributed by atoms with E-state index in [2.05, 4.69) is 21.9 Å². The summed E-state index contributed by atoms with van der Waals surface area (Å²) in [6, 6.07) is 17.2. The third-order valence-electron chi connectivity index (χ3n) is 4.13. The van der Waals surface area contributed by atoms with Crippen LogP contribution in [0.2, 0.25) is 0 Å². The Morgan fingerprint density at radius 2 is 1.63 bits per heavy atom. The van der Waals surface area contributed by atoms with Gasteiger partial charge >= 0.3 is 5.97 Å². The maximum absolute atomic E-state index is 12.0. The van der Waals surface area contributed by atoms with Gasteiger partial charge < -0.3 is 15.4 Å². The molecule has 0 heterocycles. The molecule has 2 aromatic carbocycles. The second-order valence-corrected chi connectivity index (χ2v) is 6.24. The van der Waals surface area contributed by atoms with Crippen LogP contribution in [0.3, 0.4) is 0 Å². The lowest BCUT2D eigenvalue weighted by Gasteiger charge is -2.10. The highest BCUT2D eigenvalue weighted by molar-refractivity contribution is 5.95. The fourth-order valence-corrected chi connectivity index (χ4v) is 2.53. The molecular formula is C22H26N2O3. The van der Waals surface area contributed by atoms with E-state index in [9.17, 15) is 9.59 Å². The van der Waals surface area contributed by atoms with Crippen molar-refractivity contribution in [3.05, 3.63) is 83.6 Å². The minimum atomic E-state index is -0.194. The number of amides is 1. The zero-order valence-corrected chi connectivity index (χ0v) is 15.7. The highest BCUT2D eigenvalue weighted by atomic mass is 16.5. The molecule has 0 aromatic heterocycles. The van der Waals surface area contributed by atoms with E-state index >= 15 is 0 Å². The van der Waals surface area contributed by atoms with Crippen molar-refractivity contribution < 1.29 is 14.3 Å². The summed E-state index contributed by atoms with van der Waals surface area (Å²) < 4.78 is 4.65. The molecule has 0 saturated heterocycles. The monoisotopic (exact) mass is 366 g/mol. The van der Waals surface area contributed by atoms with Crippen molar-refractivity contribution in [2.24, 2.45) is 0 Å². The number of ether oxygens (including phenoxy) is 1. The number of rotatable bonds is 10. The number of esters is 1. The molecule has 0 radical (unpaired) electrons. The average molecular weight is 366 g/mol. The van der Waals surface area contributed by atoms with Gasteiger partial charge in [-0.05, 0) is 36.1 Å². The first-order valence-electron chi connectivity index (χ1n) is 8.98. The molecule has 27 heavy (non-hydrogen) atoms. The number of hydrogen-bond acceptors (Lipinski definition) is 4. The van der Waals surface area contributed by atoms with E-state index in [1.54, 1.807) is 12.1 Å². The predicted molar refractivity (Wildman–Crippen MR) is 106 cm³/mol. The third-order valence-corrected chi connectivity index (χ3v) is 4.13. The van der Waals surface area contributed by atoms with Crippen LogP contribution in [-0.2, 0) is 22.5 Å². The fraction of sp³-hybridized carbons (Fsp3) is 0.273. The summed E-state index contributed by atoms with van der Waals surface area (Å²) >= 11 is 0. The van der Waals surface area contributed by atoms with Gasteiger partial charge in [0, 0.05) is 30.8 Å². The van der Waals surface area contributed by atoms with Crippen molar-refractivity contribution in [1.29, 1.82) is 0 Å². The van der Waals surface area contributed by atoms with E-state index < -0.39 is 0 Å². The zero-order valence-electron chi connectivity index (χ0n) is 15.7. The van der Waals surface area contributed by atoms with E-state index in [-0.39, 0.29) is 11.9 Å². The first kappa shape index (κ1) is 20.4. The Balaban J connectivity index is 1.65. The van der Waals surface area contributed by atoms with Gasteiger partial charge in [-0.25, -0.2) is 0 Å². The number of carbonyl (C=O) groups is 2. The van der Waals surface area contributed by atoms with Gasteiger partial charge in [0.1, 0.15) is 0 Å². The summed E-state index contributed by atoms with van der Waals surface area (Å²) in [6.07, 6.45) is 1.74. The van der Waals surface area contributed by atoms with Crippen LogP contribution in [-0.4, -0.2) is 25.5 Å². The van der Waals surface area contributed by atoms with E-state index in [0.29, 0.717) is 30.5 Å². The van der Waals surface area contributed by atoms with Crippen LogP contribution in [0.5, 0.6) is 0 Å². The molecule has 0 fully saturated rings. The summed E-state index contributed by atoms with van der Waals surface area (Å²) in [7, 11) is 1.40. The highest BCUT2D eigenvalue weighted by Gasteiger charge is 2.05. The van der Waals surface area contributed by atoms with Gasteiger partial charge in [0.15, 0.2) is 0 Å². The number of methoxy groups -OCH3 is 1. The van der Waals surface area contributed by atoms with Crippen molar-refractivity contribution in [3.63, 3.8) is 0 Å². The largest absolute Gasteiger partial charge is 0.469 e. The minimum Gasteiger partial charge on any atom is -0.469 e. The molecule has 142 valence electrons. The Labute approximate surface area is 160 Å². The Morgan fingerprint density at radius 3 is 2.30 bits per heavy atom. The Morgan fingerprint density at radius 1 is 0.963 bits per heavy atom. The Hall–Kier alpha value is -2.92. The second kappa shape index (κ2) is 10.9. The van der Waals surface area contributed by atoms with Gasteiger partial charge in [-0.1, -0.05) is 49.0 Å². The number of aryl methyl sites for hydroxylation is 1. The van der Waals surface area contributed by atoms with Crippen molar-refractivity contribution in [1.82, 2.24) is 10.6 Å². The fourth-order valence-electron chi connectivity index (χ4n) is 2.53. The molecule has 0 spiro atoms. The van der Waals surface area contributed by atoms with E-state index in [1.807, 2.05) is 42.5 Å². The molecule has 0 aliphatic heterocycles. The van der Waals surface area contributed by atoms with Crippen LogP contribution in [0.1, 0.15) is 34.3 Å². The molecule has 5 nitrogen and oxygen atoms in total. The molecule has 2 rings (SSSR count). The van der Waals surface area contributed by atoms with Gasteiger partial charge in [0.05, 0.1) is 7.11 Å². The van der Waals surface area contributed by atoms with E-state index in [0.717, 1.165) is 24.2 Å². The van der Waals surface area contributed by atoms with Crippen LogP contribution in [0.4, 0.5) is 0 Å². The smallest absolute Gasteiger partial charge is 0.305 e. The van der Waals surface area contributed by atoms with Gasteiger partial charge in [-0.3, -0.25) is 9.59 Å². The van der Waals surface area contributed by atoms with Gasteiger partial charge in [0.2, 0.25) is 0 Å². The molecule has 0 aliphatic carbocycles. The molecule has 0 saturated carbocycles. The maximum Gasteiger partial charge on any atom is 0.305 e. The quantitative estimate of drug-likeness (QED) is 0.500. The van der Waals surface area contributed by atoms with Crippen molar-refractivity contribution in [2.75, 3.05) is 13.7 Å². The van der Waals surface area contributed by atoms with Crippen LogP contribution in [0.15, 0.2) is 66.9 Å². The standard InChI is InChI=1S/C22H26N2O3/c1-17(24-22(26)20-6-4-3-5-7-20)14-15-23-16-19-10-8-18(9-11-19)12-13-21(25)27-2/h3-11,23H,1,12-16H2,2H3,(H,24,26). The predicted octanol–water partition coefficient (Wildman–Crippen LogP) is 3.22. The molecule has 0 unspecified atom stereocenters. The summed E-state index contributed by atoms with van der Waals surface area (Å²) in [5.74, 6) is -0.330. The summed E-state index contributed by atoms with van der Waals surface area (Å²) in [5, 5.41) is 6.16. The second-order valence-electron chi connectivity index (χ2n) is 6.24. The first-order chi connectivity index (χ1) is 13.1. The molecule has 0 bridgehead atoms. The highest BCUT2D eigenvalue weighted by Crippen LogP contribution is 2.07. The lowest BCUT2D eigenvalue weighted by molar-refractivity contribution is -0.140. The lowest BCUT2D eigenvalue weighted by atomic mass is 10.1. The normalized spacial score (nSPS) is 10.3. The van der Waals surface area contributed by atoms with Crippen LogP contribution in [0.25, 0.3) is 0 Å². The SMILES string of the molecule is C=C(CCNCc1ccc(CCC(=O)OC)cc1)NC(=O)c1ccccc1. The van der Waals surface area contributed by atoms with Gasteiger partial charge in [-0.2, -0.15) is 0 Å². The van der Waals surface area contributed by atoms with Crippen molar-refractivity contribution >= 4 is 11.9 Å². The number of benzene rings is 2. The van der Waals surface area contributed by atoms with Crippen LogP contribution >= 0.6 is 0 Å². The molecule has 1 amide bonds. The molecule has 0 atom stereocenters. The van der Waals surface area contributed by atoms with Crippen molar-refractivity contribution in [2.45, 2.75) is 25.8 Å². The van der Waals surface area contributed by atoms with Crippen LogP contribution < -0.4 is 10.6 Å². The number of nitrogens with one attached hydrogen (secondary N) is 2.